The first-order chi connectivity index (χ1) is 13.5. The zero-order valence-corrected chi connectivity index (χ0v) is 17.3. The van der Waals surface area contributed by atoms with E-state index in [0.717, 1.165) is 24.3 Å². The number of nitrogens with zero attached hydrogens (tertiary/aromatic N) is 3. The van der Waals surface area contributed by atoms with Crippen molar-refractivity contribution in [3.63, 3.8) is 0 Å². The summed E-state index contributed by atoms with van der Waals surface area (Å²) in [5.41, 5.74) is 2.60. The highest BCUT2D eigenvalue weighted by atomic mass is 32.2. The number of hydrogen-bond acceptors (Lipinski definition) is 6. The van der Waals surface area contributed by atoms with Crippen LogP contribution in [0.25, 0.3) is 6.08 Å². The maximum Gasteiger partial charge on any atom is 0.286 e. The van der Waals surface area contributed by atoms with Gasteiger partial charge in [0, 0.05) is 24.3 Å². The summed E-state index contributed by atoms with van der Waals surface area (Å²) in [5.74, 6) is -0.182. The van der Waals surface area contributed by atoms with Crippen molar-refractivity contribution in [3.8, 4) is 5.75 Å². The molecule has 144 valence electrons. The molecule has 7 heteroatoms. The van der Waals surface area contributed by atoms with E-state index in [1.165, 1.54) is 16.8 Å². The number of anilines is 1. The molecule has 0 spiro atoms. The van der Waals surface area contributed by atoms with Crippen molar-refractivity contribution in [1.29, 1.82) is 0 Å². The van der Waals surface area contributed by atoms with Crippen LogP contribution in [-0.2, 0) is 4.79 Å². The van der Waals surface area contributed by atoms with E-state index in [4.69, 9.17) is 12.2 Å². The highest BCUT2D eigenvalue weighted by molar-refractivity contribution is 8.26. The monoisotopic (exact) mass is 411 g/mol. The molecule has 1 heterocycles. The lowest BCUT2D eigenvalue weighted by atomic mass is 10.2. The number of hydrogen-bond donors (Lipinski definition) is 1. The predicted molar refractivity (Wildman–Crippen MR) is 121 cm³/mol. The predicted octanol–water partition coefficient (Wildman–Crippen LogP) is 4.47. The summed E-state index contributed by atoms with van der Waals surface area (Å²) < 4.78 is 0.364. The Balaban J connectivity index is 1.75. The molecule has 0 radical (unpaired) electrons. The quantitative estimate of drug-likeness (QED) is 0.432. The van der Waals surface area contributed by atoms with Crippen LogP contribution in [0, 0.1) is 0 Å². The molecule has 1 saturated heterocycles. The van der Waals surface area contributed by atoms with E-state index in [1.54, 1.807) is 36.6 Å². The molecule has 3 rings (SSSR count). The lowest BCUT2D eigenvalue weighted by Crippen LogP contribution is -2.22. The number of aromatic hydroxyl groups is 1. The van der Waals surface area contributed by atoms with Crippen molar-refractivity contribution in [2.75, 3.05) is 18.0 Å². The normalized spacial score (nSPS) is 15.8. The molecular formula is C21H21N3O2S2. The Morgan fingerprint density at radius 3 is 2.46 bits per heavy atom. The highest BCUT2D eigenvalue weighted by Gasteiger charge is 2.32. The maximum atomic E-state index is 12.6. The number of rotatable bonds is 6. The van der Waals surface area contributed by atoms with Gasteiger partial charge in [-0.05, 0) is 55.9 Å². The number of phenolic OH excluding ortho intramolecular Hbond substituents is 1. The van der Waals surface area contributed by atoms with Gasteiger partial charge in [-0.1, -0.05) is 42.1 Å². The molecule has 0 saturated carbocycles. The molecule has 2 aromatic carbocycles. The van der Waals surface area contributed by atoms with Crippen LogP contribution in [0.4, 0.5) is 5.69 Å². The lowest BCUT2D eigenvalue weighted by molar-refractivity contribution is -0.122. The number of amides is 1. The van der Waals surface area contributed by atoms with E-state index in [9.17, 15) is 9.90 Å². The van der Waals surface area contributed by atoms with E-state index < -0.39 is 0 Å². The van der Waals surface area contributed by atoms with E-state index >= 15 is 0 Å². The van der Waals surface area contributed by atoms with E-state index in [0.29, 0.717) is 14.8 Å². The fourth-order valence-corrected chi connectivity index (χ4v) is 3.96. The fraction of sp³-hybridized carbons (Fsp3) is 0.190. The van der Waals surface area contributed by atoms with Crippen LogP contribution >= 0.6 is 24.0 Å². The van der Waals surface area contributed by atoms with E-state index in [-0.39, 0.29) is 11.7 Å². The number of benzene rings is 2. The number of carbonyl (C=O) groups is 1. The van der Waals surface area contributed by atoms with Crippen LogP contribution in [-0.4, -0.2) is 39.6 Å². The Hall–Kier alpha value is -2.64. The summed E-state index contributed by atoms with van der Waals surface area (Å²) in [6, 6.07) is 14.8. The Morgan fingerprint density at radius 1 is 1.14 bits per heavy atom. The minimum atomic E-state index is -0.297. The molecule has 0 atom stereocenters. The van der Waals surface area contributed by atoms with Gasteiger partial charge in [0.25, 0.3) is 5.91 Å². The van der Waals surface area contributed by atoms with Gasteiger partial charge in [-0.15, -0.1) is 0 Å². The second kappa shape index (κ2) is 9.03. The van der Waals surface area contributed by atoms with Gasteiger partial charge in [-0.2, -0.15) is 10.1 Å². The van der Waals surface area contributed by atoms with Crippen LogP contribution in [0.1, 0.15) is 25.0 Å². The standard InChI is InChI=1S/C21H21N3O2S2/c1-3-23(4-2)17-11-9-15(10-12-17)14-22-24-20(26)19(28-21(24)27)13-16-7-5-6-8-18(16)25/h5-14,25H,3-4H2,1-2H3/b19-13+,22-14+. The number of thiocarbonyl (C=S) groups is 1. The van der Waals surface area contributed by atoms with Gasteiger partial charge >= 0.3 is 0 Å². The first kappa shape index (κ1) is 20.1. The molecule has 28 heavy (non-hydrogen) atoms. The van der Waals surface area contributed by atoms with Crippen molar-refractivity contribution in [1.82, 2.24) is 5.01 Å². The molecule has 1 aliphatic heterocycles. The van der Waals surface area contributed by atoms with Crippen molar-refractivity contribution >= 4 is 52.2 Å². The number of para-hydroxylation sites is 1. The Morgan fingerprint density at radius 2 is 1.82 bits per heavy atom. The van der Waals surface area contributed by atoms with Crippen LogP contribution in [0.5, 0.6) is 5.75 Å². The smallest absolute Gasteiger partial charge is 0.286 e. The van der Waals surface area contributed by atoms with Crippen molar-refractivity contribution in [2.45, 2.75) is 13.8 Å². The minimum absolute atomic E-state index is 0.115. The van der Waals surface area contributed by atoms with Gasteiger partial charge in [0.1, 0.15) is 5.75 Å². The first-order valence-corrected chi connectivity index (χ1v) is 10.2. The number of thioether (sulfide) groups is 1. The molecule has 1 N–H and O–H groups in total. The zero-order valence-electron chi connectivity index (χ0n) is 15.7. The van der Waals surface area contributed by atoms with Crippen molar-refractivity contribution in [3.05, 3.63) is 64.6 Å². The minimum Gasteiger partial charge on any atom is -0.507 e. The van der Waals surface area contributed by atoms with Crippen LogP contribution in [0.3, 0.4) is 0 Å². The van der Waals surface area contributed by atoms with Crippen molar-refractivity contribution in [2.24, 2.45) is 5.10 Å². The number of carbonyl (C=O) groups excluding carboxylic acids is 1. The Kier molecular flexibility index (Phi) is 6.49. The third kappa shape index (κ3) is 4.43. The number of hydrazone groups is 1. The second-order valence-corrected chi connectivity index (χ2v) is 7.74. The third-order valence-electron chi connectivity index (χ3n) is 4.34. The molecule has 1 fully saturated rings. The molecule has 0 aliphatic carbocycles. The zero-order chi connectivity index (χ0) is 20.1. The molecule has 0 unspecified atom stereocenters. The van der Waals surface area contributed by atoms with Crippen LogP contribution < -0.4 is 4.90 Å². The summed E-state index contributed by atoms with van der Waals surface area (Å²) in [6.45, 7) is 6.14. The molecule has 0 bridgehead atoms. The first-order valence-electron chi connectivity index (χ1n) is 8.98. The Labute approximate surface area is 174 Å². The fourth-order valence-electron chi connectivity index (χ4n) is 2.79. The van der Waals surface area contributed by atoms with Gasteiger partial charge in [0.2, 0.25) is 0 Å². The molecule has 0 aromatic heterocycles. The van der Waals surface area contributed by atoms with Crippen molar-refractivity contribution < 1.29 is 9.90 Å². The molecule has 2 aromatic rings. The van der Waals surface area contributed by atoms with Gasteiger partial charge in [0.15, 0.2) is 4.32 Å². The Bertz CT molecular complexity index is 935. The third-order valence-corrected chi connectivity index (χ3v) is 5.62. The van der Waals surface area contributed by atoms with Gasteiger partial charge < -0.3 is 10.0 Å². The molecule has 1 amide bonds. The molecular weight excluding hydrogens is 390 g/mol. The highest BCUT2D eigenvalue weighted by Crippen LogP contribution is 2.34. The van der Waals surface area contributed by atoms with Gasteiger partial charge in [-0.25, -0.2) is 0 Å². The van der Waals surface area contributed by atoms with Gasteiger partial charge in [0.05, 0.1) is 11.1 Å². The lowest BCUT2D eigenvalue weighted by Gasteiger charge is -2.20. The van der Waals surface area contributed by atoms with Crippen LogP contribution in [0.15, 0.2) is 58.5 Å². The summed E-state index contributed by atoms with van der Waals surface area (Å²) in [7, 11) is 0. The average molecular weight is 412 g/mol. The van der Waals surface area contributed by atoms with E-state index in [2.05, 4.69) is 23.8 Å². The number of phenols is 1. The molecule has 1 aliphatic rings. The average Bonchev–Trinajstić information content (AvgIpc) is 2.97. The summed E-state index contributed by atoms with van der Waals surface area (Å²) in [4.78, 5) is 15.3. The second-order valence-electron chi connectivity index (χ2n) is 6.06. The SMILES string of the molecule is CCN(CC)c1ccc(/C=N/N2C(=O)/C(=C\c3ccccc3O)SC2=S)cc1. The summed E-state index contributed by atoms with van der Waals surface area (Å²) in [5, 5.41) is 15.4. The van der Waals surface area contributed by atoms with E-state index in [1.807, 2.05) is 24.3 Å². The van der Waals surface area contributed by atoms with Crippen LogP contribution in [0.2, 0.25) is 0 Å². The van der Waals surface area contributed by atoms with Gasteiger partial charge in [-0.3, -0.25) is 4.79 Å². The summed E-state index contributed by atoms with van der Waals surface area (Å²) in [6.07, 6.45) is 3.25. The molecule has 5 nitrogen and oxygen atoms in total. The maximum absolute atomic E-state index is 12.6. The largest absolute Gasteiger partial charge is 0.507 e. The topological polar surface area (TPSA) is 56.1 Å². The summed E-state index contributed by atoms with van der Waals surface area (Å²) >= 11 is 6.46.